The quantitative estimate of drug-likeness (QED) is 0.289. The molecule has 220 valence electrons. The number of amides is 2. The summed E-state index contributed by atoms with van der Waals surface area (Å²) in [5.74, 6) is -1.28. The first-order valence-electron chi connectivity index (χ1n) is 13.3. The molecule has 2 atom stereocenters. The third-order valence-corrected chi connectivity index (χ3v) is 10.7. The van der Waals surface area contributed by atoms with Gasteiger partial charge in [-0.15, -0.1) is 11.3 Å². The molecule has 2 amide bonds. The van der Waals surface area contributed by atoms with E-state index in [0.29, 0.717) is 35.5 Å². The fourth-order valence-electron chi connectivity index (χ4n) is 4.98. The number of hydrogen-bond donors (Lipinski definition) is 3. The number of rotatable bonds is 10. The van der Waals surface area contributed by atoms with E-state index in [1.54, 1.807) is 23.1 Å². The van der Waals surface area contributed by atoms with Crippen LogP contribution in [0.15, 0.2) is 42.5 Å². The highest BCUT2D eigenvalue weighted by Crippen LogP contribution is 2.45. The van der Waals surface area contributed by atoms with Crippen molar-refractivity contribution in [1.82, 2.24) is 15.2 Å². The van der Waals surface area contributed by atoms with Gasteiger partial charge in [-0.05, 0) is 54.7 Å². The maximum absolute atomic E-state index is 13.3. The van der Waals surface area contributed by atoms with E-state index in [9.17, 15) is 26.4 Å². The summed E-state index contributed by atoms with van der Waals surface area (Å²) >= 11 is 1.13. The Morgan fingerprint density at radius 1 is 1.17 bits per heavy atom. The highest BCUT2D eigenvalue weighted by atomic mass is 32.2. The molecule has 14 heteroatoms. The van der Waals surface area contributed by atoms with Crippen LogP contribution in [0.4, 0.5) is 0 Å². The van der Waals surface area contributed by atoms with E-state index in [4.69, 9.17) is 9.88 Å². The van der Waals surface area contributed by atoms with Crippen LogP contribution in [-0.2, 0) is 35.0 Å². The van der Waals surface area contributed by atoms with Crippen molar-refractivity contribution in [1.29, 1.82) is 0 Å². The normalized spacial score (nSPS) is 19.3. The minimum atomic E-state index is -3.83. The molecule has 2 heterocycles. The van der Waals surface area contributed by atoms with Crippen molar-refractivity contribution in [3.05, 3.63) is 53.0 Å². The minimum Gasteiger partial charge on any atom is -0.375 e. The van der Waals surface area contributed by atoms with Gasteiger partial charge >= 0.3 is 0 Å². The monoisotopic (exact) mass is 620 g/mol. The number of nitrogens with one attached hydrogen (secondary N) is 1. The molecule has 1 aromatic heterocycles. The molecule has 1 aliphatic carbocycles. The van der Waals surface area contributed by atoms with E-state index in [1.165, 1.54) is 0 Å². The van der Waals surface area contributed by atoms with Crippen LogP contribution in [0.3, 0.4) is 0 Å². The number of morpholine rings is 1. The number of thiol groups is 1. The summed E-state index contributed by atoms with van der Waals surface area (Å²) in [6.45, 7) is 3.26. The van der Waals surface area contributed by atoms with Crippen molar-refractivity contribution in [2.24, 2.45) is 11.1 Å². The zero-order chi connectivity index (χ0) is 29.4. The summed E-state index contributed by atoms with van der Waals surface area (Å²) in [5.41, 5.74) is 2.86. The van der Waals surface area contributed by atoms with Crippen LogP contribution in [-0.4, -0.2) is 76.6 Å². The third-order valence-electron chi connectivity index (χ3n) is 7.38. The number of ether oxygens (including phenoxy) is 1. The number of benzene rings is 2. The Kier molecular flexibility index (Phi) is 8.48. The molecule has 2 aromatic carbocycles. The summed E-state index contributed by atoms with van der Waals surface area (Å²) in [6.07, 6.45) is 1.71. The molecule has 1 saturated heterocycles. The Bertz CT molecular complexity index is 1640. The van der Waals surface area contributed by atoms with E-state index in [2.05, 4.69) is 10.3 Å². The lowest BCUT2D eigenvalue weighted by Crippen LogP contribution is -2.47. The van der Waals surface area contributed by atoms with Gasteiger partial charge in [0.05, 0.1) is 28.7 Å². The van der Waals surface area contributed by atoms with Crippen LogP contribution in [0.25, 0.3) is 21.3 Å². The number of hydrogen-bond acceptors (Lipinski definition) is 9. The van der Waals surface area contributed by atoms with Crippen LogP contribution in [0.1, 0.15) is 41.6 Å². The van der Waals surface area contributed by atoms with Gasteiger partial charge < -0.3 is 15.0 Å². The molecule has 3 aromatic rings. The van der Waals surface area contributed by atoms with Crippen molar-refractivity contribution >= 4 is 54.1 Å². The van der Waals surface area contributed by atoms with Crippen molar-refractivity contribution in [3.63, 3.8) is 0 Å². The van der Waals surface area contributed by atoms with E-state index in [1.807, 2.05) is 31.2 Å². The average molecular weight is 621 g/mol. The molecule has 1 aliphatic heterocycles. The molecule has 3 N–H and O–H groups in total. The topological polar surface area (TPSA) is 166 Å². The fraction of sp³-hybridized carbons (Fsp3) is 0.444. The number of thiazole rings is 1. The number of nitrogens with two attached hydrogens (primary N) is 1. The molecule has 1 unspecified atom stereocenters. The van der Waals surface area contributed by atoms with Crippen molar-refractivity contribution < 1.29 is 31.2 Å². The lowest BCUT2D eigenvalue weighted by Gasteiger charge is -2.31. The van der Waals surface area contributed by atoms with Crippen molar-refractivity contribution in [2.45, 2.75) is 37.0 Å². The maximum atomic E-state index is 13.3. The third kappa shape index (κ3) is 6.61. The van der Waals surface area contributed by atoms with Crippen LogP contribution in [0.2, 0.25) is 0 Å². The van der Waals surface area contributed by atoms with Gasteiger partial charge in [0, 0.05) is 25.2 Å². The van der Waals surface area contributed by atoms with E-state index < -0.39 is 37.1 Å². The summed E-state index contributed by atoms with van der Waals surface area (Å²) in [5, 5.41) is 7.65. The molecule has 41 heavy (non-hydrogen) atoms. The Hall–Kier alpha value is -2.91. The highest BCUT2D eigenvalue weighted by Gasteiger charge is 2.50. The largest absolute Gasteiger partial charge is 0.375 e. The van der Waals surface area contributed by atoms with Gasteiger partial charge in [-0.2, -0.15) is 0 Å². The first-order valence-corrected chi connectivity index (χ1v) is 17.0. The molecule has 0 radical (unpaired) electrons. The molecule has 5 rings (SSSR count). The second-order valence-electron chi connectivity index (χ2n) is 10.6. The minimum absolute atomic E-state index is 0.000999. The molecular weight excluding hydrogens is 589 g/mol. The van der Waals surface area contributed by atoms with E-state index >= 15 is 0 Å². The molecular formula is C27H32N4O7S3. The van der Waals surface area contributed by atoms with Crippen LogP contribution in [0.5, 0.6) is 0 Å². The first kappa shape index (κ1) is 29.6. The summed E-state index contributed by atoms with van der Waals surface area (Å²) in [4.78, 5) is 32.6. The van der Waals surface area contributed by atoms with Crippen LogP contribution in [0, 0.1) is 5.92 Å². The maximum Gasteiger partial charge on any atom is 0.254 e. The Balaban J connectivity index is 1.42. The second kappa shape index (κ2) is 11.8. The van der Waals surface area contributed by atoms with Crippen molar-refractivity contribution in [3.8, 4) is 11.1 Å². The molecule has 2 fully saturated rings. The fourth-order valence-corrected chi connectivity index (χ4v) is 7.68. The number of aromatic nitrogens is 1. The van der Waals surface area contributed by atoms with Crippen LogP contribution < -0.4 is 10.5 Å². The number of carbonyl (C=O) groups excluding carboxylic acids is 2. The number of carbonyl (C=O) groups is 2. The Morgan fingerprint density at radius 3 is 2.51 bits per heavy atom. The van der Waals surface area contributed by atoms with Crippen molar-refractivity contribution in [2.75, 3.05) is 32.0 Å². The predicted octanol–water partition coefficient (Wildman–Crippen LogP) is 1.84. The zero-order valence-corrected chi connectivity index (χ0v) is 25.0. The number of sulfonamides is 1. The zero-order valence-electron chi connectivity index (χ0n) is 22.4. The summed E-state index contributed by atoms with van der Waals surface area (Å²) in [7, 11) is -7.13. The standard InChI is InChI=1S/C27H32N4O7S3/c1-17-16-31(11-12-38-17)24(32)20-6-4-19(5-7-20)21-8-9-22-23(14-21)39-26(30-22)27(40(34)35,15-18-2-3-18)25(33)29-10-13-41(28,36)37/h4-9,14,17-18,40H,2-3,10-13,15-16H2,1H3,(H,29,33)(H2,28,36,37)/t17-,27?/m0/s1. The lowest BCUT2D eigenvalue weighted by atomic mass is 10.0. The van der Waals surface area contributed by atoms with Gasteiger partial charge in [-0.3, -0.25) is 9.59 Å². The molecule has 0 bridgehead atoms. The Morgan fingerprint density at radius 2 is 1.88 bits per heavy atom. The van der Waals surface area contributed by atoms with Gasteiger partial charge in [-0.1, -0.05) is 31.0 Å². The number of nitrogens with zero attached hydrogens (tertiary/aromatic N) is 2. The second-order valence-corrected chi connectivity index (χ2v) is 14.6. The first-order chi connectivity index (χ1) is 19.5. The van der Waals surface area contributed by atoms with Gasteiger partial charge in [0.1, 0.15) is 5.01 Å². The van der Waals surface area contributed by atoms with Gasteiger partial charge in [0.2, 0.25) is 15.9 Å². The smallest absolute Gasteiger partial charge is 0.254 e. The van der Waals surface area contributed by atoms with E-state index in [-0.39, 0.29) is 35.9 Å². The molecule has 1 saturated carbocycles. The van der Waals surface area contributed by atoms with Gasteiger partial charge in [-0.25, -0.2) is 27.0 Å². The van der Waals surface area contributed by atoms with Crippen LogP contribution >= 0.6 is 11.3 Å². The SMILES string of the molecule is C[C@H]1CN(C(=O)c2ccc(-c3ccc4nc(C(CC5CC5)(C(=O)NCCS(N)(=O)=O)[SH](=O)=O)sc4c3)cc2)CCO1. The number of primary sulfonamides is 1. The summed E-state index contributed by atoms with van der Waals surface area (Å²) < 4.78 is 52.5. The van der Waals surface area contributed by atoms with Gasteiger partial charge in [0.25, 0.3) is 5.91 Å². The molecule has 0 spiro atoms. The van der Waals surface area contributed by atoms with Gasteiger partial charge in [0.15, 0.2) is 15.5 Å². The average Bonchev–Trinajstić information content (AvgIpc) is 3.65. The summed E-state index contributed by atoms with van der Waals surface area (Å²) in [6, 6.07) is 12.8. The highest BCUT2D eigenvalue weighted by molar-refractivity contribution is 7.89. The molecule has 2 aliphatic rings. The lowest BCUT2D eigenvalue weighted by molar-refractivity contribution is -0.124. The predicted molar refractivity (Wildman–Crippen MR) is 157 cm³/mol. The Labute approximate surface area is 244 Å². The number of fused-ring (bicyclic) bond motifs is 1. The molecule has 11 nitrogen and oxygen atoms in total. The van der Waals surface area contributed by atoms with E-state index in [0.717, 1.165) is 35.3 Å².